The first-order chi connectivity index (χ1) is 10.5. The number of carboxylic acids is 1. The van der Waals surface area contributed by atoms with Gasteiger partial charge in [0.05, 0.1) is 19.4 Å². The standard InChI is InChI=1S/C15H22N2O5/c1-2-3-12(15(20)21)17-10-14(19)13(18)8-11(17)9-16-4-6-22-7-5-16/h8,10,12,19H,2-7,9H2,1H3,(H,20,21). The molecule has 1 aromatic rings. The second-order valence-electron chi connectivity index (χ2n) is 5.45. The van der Waals surface area contributed by atoms with E-state index < -0.39 is 23.2 Å². The van der Waals surface area contributed by atoms with Crippen LogP contribution >= 0.6 is 0 Å². The number of nitrogens with zero attached hydrogens (tertiary/aromatic N) is 2. The number of hydrogen-bond acceptors (Lipinski definition) is 5. The van der Waals surface area contributed by atoms with Gasteiger partial charge in [-0.15, -0.1) is 0 Å². The Hall–Kier alpha value is -1.86. The molecule has 2 heterocycles. The summed E-state index contributed by atoms with van der Waals surface area (Å²) in [6.45, 7) is 5.09. The van der Waals surface area contributed by atoms with E-state index in [1.165, 1.54) is 16.8 Å². The molecule has 0 radical (unpaired) electrons. The molecule has 0 aliphatic carbocycles. The fourth-order valence-corrected chi connectivity index (χ4v) is 2.64. The van der Waals surface area contributed by atoms with Crippen molar-refractivity contribution < 1.29 is 19.7 Å². The summed E-state index contributed by atoms with van der Waals surface area (Å²) in [6, 6.07) is 0.545. The Balaban J connectivity index is 2.35. The lowest BCUT2D eigenvalue weighted by atomic mass is 10.1. The van der Waals surface area contributed by atoms with Gasteiger partial charge in [0.25, 0.3) is 0 Å². The molecule has 2 N–H and O–H groups in total. The number of aromatic hydroxyl groups is 1. The minimum Gasteiger partial charge on any atom is -0.503 e. The minimum atomic E-state index is -0.965. The van der Waals surface area contributed by atoms with Gasteiger partial charge >= 0.3 is 5.97 Å². The average molecular weight is 310 g/mol. The lowest BCUT2D eigenvalue weighted by Gasteiger charge is -2.29. The maximum Gasteiger partial charge on any atom is 0.326 e. The van der Waals surface area contributed by atoms with Gasteiger partial charge in [-0.2, -0.15) is 0 Å². The van der Waals surface area contributed by atoms with Crippen LogP contribution in [0.1, 0.15) is 31.5 Å². The van der Waals surface area contributed by atoms with Crippen LogP contribution < -0.4 is 5.43 Å². The van der Waals surface area contributed by atoms with Gasteiger partial charge in [-0.3, -0.25) is 9.69 Å². The zero-order chi connectivity index (χ0) is 16.1. The molecule has 0 bridgehead atoms. The van der Waals surface area contributed by atoms with E-state index in [0.29, 0.717) is 38.3 Å². The largest absolute Gasteiger partial charge is 0.503 e. The molecule has 2 rings (SSSR count). The first-order valence-corrected chi connectivity index (χ1v) is 7.50. The van der Waals surface area contributed by atoms with E-state index in [1.54, 1.807) is 0 Å². The molecule has 0 amide bonds. The van der Waals surface area contributed by atoms with Crippen molar-refractivity contribution in [1.82, 2.24) is 9.47 Å². The molecule has 0 aromatic carbocycles. The second kappa shape index (κ2) is 7.42. The number of aromatic nitrogens is 1. The highest BCUT2D eigenvalue weighted by atomic mass is 16.5. The number of aliphatic carboxylic acids is 1. The van der Waals surface area contributed by atoms with Crippen LogP contribution in [0.4, 0.5) is 0 Å². The minimum absolute atomic E-state index is 0.423. The monoisotopic (exact) mass is 310 g/mol. The van der Waals surface area contributed by atoms with Gasteiger partial charge in [-0.25, -0.2) is 4.79 Å². The topological polar surface area (TPSA) is 92.0 Å². The average Bonchev–Trinajstić information content (AvgIpc) is 2.49. The first-order valence-electron chi connectivity index (χ1n) is 7.50. The third kappa shape index (κ3) is 3.86. The van der Waals surface area contributed by atoms with Crippen molar-refractivity contribution >= 4 is 5.97 Å². The summed E-state index contributed by atoms with van der Waals surface area (Å²) < 4.78 is 6.80. The Morgan fingerprint density at radius 1 is 1.41 bits per heavy atom. The highest BCUT2D eigenvalue weighted by molar-refractivity contribution is 5.72. The summed E-state index contributed by atoms with van der Waals surface area (Å²) in [7, 11) is 0. The fraction of sp³-hybridized carbons (Fsp3) is 0.600. The van der Waals surface area contributed by atoms with Crippen molar-refractivity contribution in [2.75, 3.05) is 26.3 Å². The van der Waals surface area contributed by atoms with E-state index >= 15 is 0 Å². The number of rotatable bonds is 6. The zero-order valence-corrected chi connectivity index (χ0v) is 12.7. The lowest BCUT2D eigenvalue weighted by molar-refractivity contribution is -0.141. The number of hydrogen-bond donors (Lipinski definition) is 2. The van der Waals surface area contributed by atoms with Crippen molar-refractivity contribution in [3.63, 3.8) is 0 Å². The lowest BCUT2D eigenvalue weighted by Crippen LogP contribution is -2.37. The van der Waals surface area contributed by atoms with Crippen molar-refractivity contribution in [1.29, 1.82) is 0 Å². The van der Waals surface area contributed by atoms with Crippen LogP contribution in [0.25, 0.3) is 0 Å². The molecule has 0 spiro atoms. The third-order valence-electron chi connectivity index (χ3n) is 3.82. The summed E-state index contributed by atoms with van der Waals surface area (Å²) in [5, 5.41) is 19.1. The van der Waals surface area contributed by atoms with Crippen LogP contribution in [0.5, 0.6) is 5.75 Å². The molecule has 1 aliphatic rings. The Kier molecular flexibility index (Phi) is 5.57. The molecule has 7 heteroatoms. The molecule has 1 unspecified atom stereocenters. The molecule has 7 nitrogen and oxygen atoms in total. The Morgan fingerprint density at radius 3 is 2.68 bits per heavy atom. The smallest absolute Gasteiger partial charge is 0.326 e. The number of ether oxygens (including phenoxy) is 1. The van der Waals surface area contributed by atoms with Crippen molar-refractivity contribution in [2.24, 2.45) is 0 Å². The molecule has 1 aromatic heterocycles. The molecular formula is C15H22N2O5. The molecule has 0 saturated carbocycles. The molecular weight excluding hydrogens is 288 g/mol. The van der Waals surface area contributed by atoms with Crippen LogP contribution in [0.15, 0.2) is 17.1 Å². The maximum atomic E-state index is 11.7. The fourth-order valence-electron chi connectivity index (χ4n) is 2.64. The van der Waals surface area contributed by atoms with Crippen LogP contribution in [-0.4, -0.2) is 52.0 Å². The summed E-state index contributed by atoms with van der Waals surface area (Å²) in [5.74, 6) is -1.39. The van der Waals surface area contributed by atoms with Gasteiger partial charge in [0.15, 0.2) is 5.75 Å². The Morgan fingerprint density at radius 2 is 2.09 bits per heavy atom. The summed E-state index contributed by atoms with van der Waals surface area (Å²) >= 11 is 0. The van der Waals surface area contributed by atoms with Gasteiger partial charge < -0.3 is 19.5 Å². The van der Waals surface area contributed by atoms with Crippen LogP contribution in [-0.2, 0) is 16.1 Å². The molecule has 1 fully saturated rings. The molecule has 22 heavy (non-hydrogen) atoms. The van der Waals surface area contributed by atoms with Crippen molar-refractivity contribution in [3.8, 4) is 5.75 Å². The van der Waals surface area contributed by atoms with Gasteiger partial charge in [0.2, 0.25) is 5.43 Å². The predicted molar refractivity (Wildman–Crippen MR) is 80.0 cm³/mol. The Labute approximate surface area is 128 Å². The van der Waals surface area contributed by atoms with Crippen LogP contribution in [0.2, 0.25) is 0 Å². The Bertz CT molecular complexity index is 578. The summed E-state index contributed by atoms with van der Waals surface area (Å²) in [5.41, 5.74) is 0.116. The first kappa shape index (κ1) is 16.5. The van der Waals surface area contributed by atoms with Crippen LogP contribution in [0, 0.1) is 0 Å². The van der Waals surface area contributed by atoms with Crippen LogP contribution in [0.3, 0.4) is 0 Å². The van der Waals surface area contributed by atoms with Gasteiger partial charge in [-0.05, 0) is 6.42 Å². The molecule has 1 atom stereocenters. The van der Waals surface area contributed by atoms with E-state index in [1.807, 2.05) is 6.92 Å². The van der Waals surface area contributed by atoms with Gasteiger partial charge in [-0.1, -0.05) is 13.3 Å². The normalized spacial score (nSPS) is 17.3. The van der Waals surface area contributed by atoms with E-state index in [-0.39, 0.29) is 0 Å². The van der Waals surface area contributed by atoms with E-state index in [2.05, 4.69) is 4.90 Å². The molecule has 1 saturated heterocycles. The number of carboxylic acid groups (broad SMARTS) is 1. The van der Waals surface area contributed by atoms with Crippen molar-refractivity contribution in [3.05, 3.63) is 28.2 Å². The quantitative estimate of drug-likeness (QED) is 0.808. The maximum absolute atomic E-state index is 11.7. The van der Waals surface area contributed by atoms with E-state index in [0.717, 1.165) is 13.1 Å². The summed E-state index contributed by atoms with van der Waals surface area (Å²) in [4.78, 5) is 25.4. The molecule has 1 aliphatic heterocycles. The van der Waals surface area contributed by atoms with Gasteiger partial charge in [0.1, 0.15) is 6.04 Å². The highest BCUT2D eigenvalue weighted by Crippen LogP contribution is 2.20. The summed E-state index contributed by atoms with van der Waals surface area (Å²) in [6.07, 6.45) is 2.38. The SMILES string of the molecule is CCCC(C(=O)O)n1cc(O)c(=O)cc1CN1CCOCC1. The highest BCUT2D eigenvalue weighted by Gasteiger charge is 2.23. The van der Waals surface area contributed by atoms with Gasteiger partial charge in [0, 0.05) is 31.4 Å². The zero-order valence-electron chi connectivity index (χ0n) is 12.7. The van der Waals surface area contributed by atoms with E-state index in [4.69, 9.17) is 4.74 Å². The number of pyridine rings is 1. The number of morpholine rings is 1. The van der Waals surface area contributed by atoms with E-state index in [9.17, 15) is 19.8 Å². The third-order valence-corrected chi connectivity index (χ3v) is 3.82. The predicted octanol–water partition coefficient (Wildman–Crippen LogP) is 0.812. The number of carbonyl (C=O) groups is 1. The second-order valence-corrected chi connectivity index (χ2v) is 5.45. The molecule has 122 valence electrons. The van der Waals surface area contributed by atoms with Crippen molar-refractivity contribution in [2.45, 2.75) is 32.4 Å².